The maximum Gasteiger partial charge on any atom is 0.418 e. The Morgan fingerprint density at radius 2 is 1.61 bits per heavy atom. The van der Waals surface area contributed by atoms with Gasteiger partial charge in [0.25, 0.3) is 0 Å². The number of methoxy groups -OCH3 is 2. The number of nitrogens with one attached hydrogen (secondary N) is 1. The first-order valence-electron chi connectivity index (χ1n) is 9.92. The Labute approximate surface area is 179 Å². The molecule has 0 unspecified atom stereocenters. The van der Waals surface area contributed by atoms with Crippen molar-refractivity contribution in [1.29, 1.82) is 0 Å². The van der Waals surface area contributed by atoms with Gasteiger partial charge in [-0.2, -0.15) is 13.2 Å². The molecule has 1 amide bonds. The maximum absolute atomic E-state index is 13.1. The Bertz CT molecular complexity index is 897. The lowest BCUT2D eigenvalue weighted by Gasteiger charge is -2.34. The average molecular weight is 437 g/mol. The van der Waals surface area contributed by atoms with Crippen LogP contribution in [0.15, 0.2) is 42.5 Å². The molecular formula is C22H26F3N3O3. The first kappa shape index (κ1) is 22.9. The highest BCUT2D eigenvalue weighted by Crippen LogP contribution is 2.34. The number of rotatable bonds is 7. The summed E-state index contributed by atoms with van der Waals surface area (Å²) in [5.41, 5.74) is 0.0304. The summed E-state index contributed by atoms with van der Waals surface area (Å²) in [7, 11) is 3.19. The second kappa shape index (κ2) is 10.0. The predicted octanol–water partition coefficient (Wildman–Crippen LogP) is 3.48. The van der Waals surface area contributed by atoms with Crippen LogP contribution >= 0.6 is 0 Å². The van der Waals surface area contributed by atoms with Crippen LogP contribution in [0.4, 0.5) is 18.9 Å². The van der Waals surface area contributed by atoms with Gasteiger partial charge in [-0.05, 0) is 29.8 Å². The Kier molecular flexibility index (Phi) is 7.40. The largest absolute Gasteiger partial charge is 0.493 e. The van der Waals surface area contributed by atoms with Crippen molar-refractivity contribution in [3.8, 4) is 11.5 Å². The number of anilines is 1. The third-order valence-corrected chi connectivity index (χ3v) is 5.19. The third kappa shape index (κ3) is 6.11. The smallest absolute Gasteiger partial charge is 0.418 e. The molecule has 0 atom stereocenters. The number of carbonyl (C=O) groups excluding carboxylic acids is 1. The van der Waals surface area contributed by atoms with E-state index in [-0.39, 0.29) is 12.2 Å². The molecule has 0 aliphatic carbocycles. The van der Waals surface area contributed by atoms with Crippen molar-refractivity contribution in [3.05, 3.63) is 53.6 Å². The highest BCUT2D eigenvalue weighted by atomic mass is 19.4. The zero-order valence-corrected chi connectivity index (χ0v) is 17.5. The summed E-state index contributed by atoms with van der Waals surface area (Å²) in [4.78, 5) is 16.5. The second-order valence-corrected chi connectivity index (χ2v) is 7.33. The van der Waals surface area contributed by atoms with Crippen molar-refractivity contribution in [2.24, 2.45) is 0 Å². The number of ether oxygens (including phenoxy) is 2. The Balaban J connectivity index is 1.50. The van der Waals surface area contributed by atoms with Crippen molar-refractivity contribution in [3.63, 3.8) is 0 Å². The number of amides is 1. The molecule has 1 heterocycles. The number of benzene rings is 2. The van der Waals surface area contributed by atoms with E-state index in [1.807, 2.05) is 23.1 Å². The molecule has 2 aromatic carbocycles. The van der Waals surface area contributed by atoms with E-state index >= 15 is 0 Å². The SMILES string of the molecule is COc1ccc(CN2CCN(CC(=O)Nc3ccccc3C(F)(F)F)CC2)cc1OC. The van der Waals surface area contributed by atoms with Gasteiger partial charge >= 0.3 is 6.18 Å². The van der Waals surface area contributed by atoms with E-state index in [0.29, 0.717) is 24.6 Å². The molecule has 1 saturated heterocycles. The average Bonchev–Trinajstić information content (AvgIpc) is 2.74. The van der Waals surface area contributed by atoms with E-state index in [2.05, 4.69) is 10.2 Å². The molecule has 0 spiro atoms. The van der Waals surface area contributed by atoms with Gasteiger partial charge in [-0.1, -0.05) is 18.2 Å². The number of para-hydroxylation sites is 1. The van der Waals surface area contributed by atoms with Crippen LogP contribution in [0.5, 0.6) is 11.5 Å². The minimum absolute atomic E-state index is 0.0520. The van der Waals surface area contributed by atoms with Crippen LogP contribution in [-0.4, -0.2) is 62.7 Å². The van der Waals surface area contributed by atoms with Crippen molar-refractivity contribution < 1.29 is 27.4 Å². The number of hydrogen-bond donors (Lipinski definition) is 1. The maximum atomic E-state index is 13.1. The van der Waals surface area contributed by atoms with Crippen LogP contribution in [0, 0.1) is 0 Å². The summed E-state index contributed by atoms with van der Waals surface area (Å²) < 4.78 is 49.9. The molecule has 9 heteroatoms. The number of nitrogens with zero attached hydrogens (tertiary/aromatic N) is 2. The lowest BCUT2D eigenvalue weighted by atomic mass is 10.1. The summed E-state index contributed by atoms with van der Waals surface area (Å²) in [6, 6.07) is 10.8. The van der Waals surface area contributed by atoms with Crippen molar-refractivity contribution in [1.82, 2.24) is 9.80 Å². The number of alkyl halides is 3. The predicted molar refractivity (Wildman–Crippen MR) is 111 cm³/mol. The van der Waals surface area contributed by atoms with E-state index in [4.69, 9.17) is 9.47 Å². The van der Waals surface area contributed by atoms with Gasteiger partial charge < -0.3 is 14.8 Å². The summed E-state index contributed by atoms with van der Waals surface area (Å²) in [6.07, 6.45) is -4.51. The standard InChI is InChI=1S/C22H26F3N3O3/c1-30-19-8-7-16(13-20(19)31-2)14-27-9-11-28(12-10-27)15-21(29)26-18-6-4-3-5-17(18)22(23,24)25/h3-8,13H,9-12,14-15H2,1-2H3,(H,26,29). The Morgan fingerprint density at radius 3 is 2.26 bits per heavy atom. The molecular weight excluding hydrogens is 411 g/mol. The van der Waals surface area contributed by atoms with Crippen molar-refractivity contribution in [2.75, 3.05) is 52.3 Å². The number of hydrogen-bond acceptors (Lipinski definition) is 5. The minimum atomic E-state index is -4.51. The normalized spacial score (nSPS) is 15.5. The molecule has 31 heavy (non-hydrogen) atoms. The zero-order chi connectivity index (χ0) is 22.4. The van der Waals surface area contributed by atoms with Crippen LogP contribution in [-0.2, 0) is 17.5 Å². The Hall–Kier alpha value is -2.78. The van der Waals surface area contributed by atoms with Crippen LogP contribution in [0.2, 0.25) is 0 Å². The molecule has 168 valence electrons. The monoisotopic (exact) mass is 437 g/mol. The van der Waals surface area contributed by atoms with Gasteiger partial charge in [0.15, 0.2) is 11.5 Å². The minimum Gasteiger partial charge on any atom is -0.493 e. The molecule has 1 fully saturated rings. The van der Waals surface area contributed by atoms with Crippen LogP contribution < -0.4 is 14.8 Å². The lowest BCUT2D eigenvalue weighted by molar-refractivity contribution is -0.137. The van der Waals surface area contributed by atoms with Gasteiger partial charge in [0.1, 0.15) is 0 Å². The van der Waals surface area contributed by atoms with Crippen LogP contribution in [0.1, 0.15) is 11.1 Å². The first-order valence-corrected chi connectivity index (χ1v) is 9.92. The molecule has 6 nitrogen and oxygen atoms in total. The summed E-state index contributed by atoms with van der Waals surface area (Å²) in [5, 5.41) is 2.40. The van der Waals surface area contributed by atoms with Crippen molar-refractivity contribution >= 4 is 11.6 Å². The number of carbonyl (C=O) groups is 1. The molecule has 2 aromatic rings. The van der Waals surface area contributed by atoms with Crippen LogP contribution in [0.25, 0.3) is 0 Å². The zero-order valence-electron chi connectivity index (χ0n) is 17.5. The highest BCUT2D eigenvalue weighted by molar-refractivity contribution is 5.93. The lowest BCUT2D eigenvalue weighted by Crippen LogP contribution is -2.48. The molecule has 1 N–H and O–H groups in total. The first-order chi connectivity index (χ1) is 14.8. The van der Waals surface area contributed by atoms with Gasteiger partial charge in [0.05, 0.1) is 32.0 Å². The molecule has 0 bridgehead atoms. The fraction of sp³-hybridized carbons (Fsp3) is 0.409. The molecule has 1 aliphatic heterocycles. The fourth-order valence-corrected chi connectivity index (χ4v) is 3.57. The molecule has 3 rings (SSSR count). The quantitative estimate of drug-likeness (QED) is 0.719. The number of piperazine rings is 1. The summed E-state index contributed by atoms with van der Waals surface area (Å²) in [5.74, 6) is 0.897. The molecule has 0 aromatic heterocycles. The van der Waals surface area contributed by atoms with Gasteiger partial charge in [-0.15, -0.1) is 0 Å². The Morgan fingerprint density at radius 1 is 0.968 bits per heavy atom. The second-order valence-electron chi connectivity index (χ2n) is 7.33. The van der Waals surface area contributed by atoms with Gasteiger partial charge in [-0.3, -0.25) is 14.6 Å². The molecule has 0 saturated carbocycles. The van der Waals surface area contributed by atoms with E-state index in [9.17, 15) is 18.0 Å². The van der Waals surface area contributed by atoms with Gasteiger partial charge in [0.2, 0.25) is 5.91 Å². The van der Waals surface area contributed by atoms with Gasteiger partial charge in [0, 0.05) is 32.7 Å². The van der Waals surface area contributed by atoms with E-state index in [1.54, 1.807) is 14.2 Å². The fourth-order valence-electron chi connectivity index (χ4n) is 3.57. The van der Waals surface area contributed by atoms with Crippen molar-refractivity contribution in [2.45, 2.75) is 12.7 Å². The topological polar surface area (TPSA) is 54.0 Å². The molecule has 1 aliphatic rings. The number of halogens is 3. The van der Waals surface area contributed by atoms with Gasteiger partial charge in [-0.25, -0.2) is 0 Å². The summed E-state index contributed by atoms with van der Waals surface area (Å²) in [6.45, 7) is 3.60. The molecule has 0 radical (unpaired) electrons. The van der Waals surface area contributed by atoms with E-state index in [0.717, 1.165) is 31.3 Å². The van der Waals surface area contributed by atoms with Crippen LogP contribution in [0.3, 0.4) is 0 Å². The van der Waals surface area contributed by atoms with E-state index in [1.165, 1.54) is 18.2 Å². The highest BCUT2D eigenvalue weighted by Gasteiger charge is 2.33. The summed E-state index contributed by atoms with van der Waals surface area (Å²) >= 11 is 0. The van der Waals surface area contributed by atoms with E-state index < -0.39 is 17.6 Å². The third-order valence-electron chi connectivity index (χ3n) is 5.19.